The van der Waals surface area contributed by atoms with Gasteiger partial charge < -0.3 is 14.4 Å². The quantitative estimate of drug-likeness (QED) is 0.775. The first-order chi connectivity index (χ1) is 8.63. The molecule has 1 saturated heterocycles. The zero-order chi connectivity index (χ0) is 13.1. The molecule has 1 aromatic heterocycles. The molecule has 1 fully saturated rings. The van der Waals surface area contributed by atoms with Gasteiger partial charge in [0, 0.05) is 7.05 Å². The van der Waals surface area contributed by atoms with Crippen molar-refractivity contribution in [1.82, 2.24) is 14.5 Å². The number of thioether (sulfide) groups is 1. The number of imide groups is 1. The lowest BCUT2D eigenvalue weighted by Crippen LogP contribution is -2.33. The van der Waals surface area contributed by atoms with Crippen LogP contribution in [0.5, 0.6) is 0 Å². The number of hydrogen-bond acceptors (Lipinski definition) is 6. The highest BCUT2D eigenvalue weighted by Gasteiger charge is 2.28. The molecule has 1 N–H and O–H groups in total. The van der Waals surface area contributed by atoms with E-state index in [0.717, 1.165) is 4.90 Å². The summed E-state index contributed by atoms with van der Waals surface area (Å²) in [4.78, 5) is 28.1. The Morgan fingerprint density at radius 2 is 2.44 bits per heavy atom. The predicted molar refractivity (Wildman–Crippen MR) is 62.9 cm³/mol. The SMILES string of the molecule is Cn1c(CO)cnc1SCC(=O)N1CCOC1=O. The average molecular weight is 271 g/mol. The molecule has 8 heteroatoms. The van der Waals surface area contributed by atoms with Gasteiger partial charge in [0.15, 0.2) is 5.16 Å². The molecular weight excluding hydrogens is 258 g/mol. The van der Waals surface area contributed by atoms with Crippen molar-refractivity contribution in [1.29, 1.82) is 0 Å². The molecule has 2 amide bonds. The molecular formula is C10H13N3O4S. The van der Waals surface area contributed by atoms with Crippen LogP contribution in [-0.2, 0) is 23.2 Å². The van der Waals surface area contributed by atoms with Crippen LogP contribution in [0.4, 0.5) is 4.79 Å². The summed E-state index contributed by atoms with van der Waals surface area (Å²) < 4.78 is 6.40. The van der Waals surface area contributed by atoms with Crippen molar-refractivity contribution < 1.29 is 19.4 Å². The molecule has 0 saturated carbocycles. The van der Waals surface area contributed by atoms with Crippen molar-refractivity contribution in [3.63, 3.8) is 0 Å². The Labute approximate surface area is 108 Å². The summed E-state index contributed by atoms with van der Waals surface area (Å²) in [6.45, 7) is 0.462. The Bertz CT molecular complexity index is 474. The Hall–Kier alpha value is -1.54. The van der Waals surface area contributed by atoms with E-state index in [4.69, 9.17) is 5.11 Å². The molecule has 0 spiro atoms. The molecule has 0 aromatic carbocycles. The highest BCUT2D eigenvalue weighted by Crippen LogP contribution is 2.18. The third-order valence-corrected chi connectivity index (χ3v) is 3.62. The number of carbonyl (C=O) groups excluding carboxylic acids is 2. The molecule has 7 nitrogen and oxygen atoms in total. The third kappa shape index (κ3) is 2.49. The van der Waals surface area contributed by atoms with Gasteiger partial charge in [-0.05, 0) is 0 Å². The second-order valence-corrected chi connectivity index (χ2v) is 4.64. The summed E-state index contributed by atoms with van der Waals surface area (Å²) in [5.74, 6) is -0.179. The van der Waals surface area contributed by atoms with Gasteiger partial charge in [0.05, 0.1) is 30.8 Å². The number of rotatable bonds is 4. The van der Waals surface area contributed by atoms with E-state index in [-0.39, 0.29) is 24.9 Å². The van der Waals surface area contributed by atoms with E-state index in [1.807, 2.05) is 0 Å². The van der Waals surface area contributed by atoms with Crippen molar-refractivity contribution in [2.45, 2.75) is 11.8 Å². The van der Waals surface area contributed by atoms with E-state index in [9.17, 15) is 9.59 Å². The van der Waals surface area contributed by atoms with Crippen molar-refractivity contribution in [3.8, 4) is 0 Å². The number of amides is 2. The van der Waals surface area contributed by atoms with Crippen LogP contribution in [-0.4, -0.2) is 50.5 Å². The lowest BCUT2D eigenvalue weighted by atomic mass is 10.5. The molecule has 0 unspecified atom stereocenters. The molecule has 1 aliphatic heterocycles. The van der Waals surface area contributed by atoms with Crippen LogP contribution in [0.1, 0.15) is 5.69 Å². The summed E-state index contributed by atoms with van der Waals surface area (Å²) in [6, 6.07) is 0. The van der Waals surface area contributed by atoms with E-state index in [2.05, 4.69) is 9.72 Å². The fourth-order valence-electron chi connectivity index (χ4n) is 1.53. The number of carbonyl (C=O) groups is 2. The Morgan fingerprint density at radius 3 is 3.00 bits per heavy atom. The minimum Gasteiger partial charge on any atom is -0.447 e. The molecule has 0 bridgehead atoms. The summed E-state index contributed by atoms with van der Waals surface area (Å²) in [6.07, 6.45) is 0.966. The van der Waals surface area contributed by atoms with Crippen molar-refractivity contribution in [3.05, 3.63) is 11.9 Å². The standard InChI is InChI=1S/C10H13N3O4S/c1-12-7(5-14)4-11-9(12)18-6-8(15)13-2-3-17-10(13)16/h4,14H,2-3,5-6H2,1H3. The maximum Gasteiger partial charge on any atom is 0.416 e. The van der Waals surface area contributed by atoms with Crippen LogP contribution in [0.25, 0.3) is 0 Å². The molecule has 18 heavy (non-hydrogen) atoms. The number of imidazole rings is 1. The predicted octanol–water partition coefficient (Wildman–Crippen LogP) is -0.0167. The van der Waals surface area contributed by atoms with Gasteiger partial charge in [-0.25, -0.2) is 14.7 Å². The van der Waals surface area contributed by atoms with E-state index in [0.29, 0.717) is 17.4 Å². The molecule has 0 atom stereocenters. The summed E-state index contributed by atoms with van der Waals surface area (Å²) in [5.41, 5.74) is 0.672. The molecule has 2 heterocycles. The number of aliphatic hydroxyl groups is 1. The highest BCUT2D eigenvalue weighted by molar-refractivity contribution is 7.99. The first kappa shape index (κ1) is 12.9. The summed E-state index contributed by atoms with van der Waals surface area (Å²) in [5, 5.41) is 9.64. The summed E-state index contributed by atoms with van der Waals surface area (Å²) in [7, 11) is 1.76. The van der Waals surface area contributed by atoms with Gasteiger partial charge in [-0.15, -0.1) is 0 Å². The van der Waals surface area contributed by atoms with Crippen LogP contribution in [0.15, 0.2) is 11.4 Å². The summed E-state index contributed by atoms with van der Waals surface area (Å²) >= 11 is 1.22. The van der Waals surface area contributed by atoms with E-state index < -0.39 is 6.09 Å². The topological polar surface area (TPSA) is 84.7 Å². The number of aliphatic hydroxyl groups excluding tert-OH is 1. The van der Waals surface area contributed by atoms with E-state index >= 15 is 0 Å². The van der Waals surface area contributed by atoms with Crippen molar-refractivity contribution in [2.75, 3.05) is 18.9 Å². The van der Waals surface area contributed by atoms with Gasteiger partial charge in [-0.1, -0.05) is 11.8 Å². The molecule has 2 rings (SSSR count). The number of hydrogen-bond donors (Lipinski definition) is 1. The molecule has 0 aliphatic carbocycles. The Morgan fingerprint density at radius 1 is 1.67 bits per heavy atom. The molecule has 1 aromatic rings. The van der Waals surface area contributed by atoms with E-state index in [1.54, 1.807) is 17.8 Å². The number of nitrogens with zero attached hydrogens (tertiary/aromatic N) is 3. The number of aromatic nitrogens is 2. The minimum absolute atomic E-state index is 0.101. The largest absolute Gasteiger partial charge is 0.447 e. The molecule has 1 aliphatic rings. The maximum atomic E-state index is 11.7. The minimum atomic E-state index is -0.587. The van der Waals surface area contributed by atoms with Crippen LogP contribution < -0.4 is 0 Å². The first-order valence-corrected chi connectivity index (χ1v) is 6.33. The zero-order valence-corrected chi connectivity index (χ0v) is 10.6. The molecule has 98 valence electrons. The Kier molecular flexibility index (Phi) is 3.87. The second-order valence-electron chi connectivity index (χ2n) is 3.70. The van der Waals surface area contributed by atoms with Crippen molar-refractivity contribution in [2.24, 2.45) is 7.05 Å². The first-order valence-electron chi connectivity index (χ1n) is 5.35. The number of ether oxygens (including phenoxy) is 1. The second kappa shape index (κ2) is 5.40. The van der Waals surface area contributed by atoms with Crippen LogP contribution in [0, 0.1) is 0 Å². The lowest BCUT2D eigenvalue weighted by Gasteiger charge is -2.10. The van der Waals surface area contributed by atoms with Gasteiger partial charge in [-0.3, -0.25) is 4.79 Å². The maximum absolute atomic E-state index is 11.7. The lowest BCUT2D eigenvalue weighted by molar-refractivity contribution is -0.125. The highest BCUT2D eigenvalue weighted by atomic mass is 32.2. The Balaban J connectivity index is 1.93. The van der Waals surface area contributed by atoms with Crippen LogP contribution >= 0.6 is 11.8 Å². The van der Waals surface area contributed by atoms with Crippen molar-refractivity contribution >= 4 is 23.8 Å². The van der Waals surface area contributed by atoms with Gasteiger partial charge in [0.2, 0.25) is 5.91 Å². The fourth-order valence-corrected chi connectivity index (χ4v) is 2.38. The molecule has 0 radical (unpaired) electrons. The normalized spacial score (nSPS) is 15.0. The average Bonchev–Trinajstić information content (AvgIpc) is 2.93. The van der Waals surface area contributed by atoms with Gasteiger partial charge in [0.25, 0.3) is 0 Å². The zero-order valence-electron chi connectivity index (χ0n) is 9.83. The van der Waals surface area contributed by atoms with Crippen LogP contribution in [0.2, 0.25) is 0 Å². The smallest absolute Gasteiger partial charge is 0.416 e. The van der Waals surface area contributed by atoms with Gasteiger partial charge in [0.1, 0.15) is 6.61 Å². The van der Waals surface area contributed by atoms with Gasteiger partial charge >= 0.3 is 6.09 Å². The van der Waals surface area contributed by atoms with Crippen LogP contribution in [0.3, 0.4) is 0 Å². The fraction of sp³-hybridized carbons (Fsp3) is 0.500. The van der Waals surface area contributed by atoms with Gasteiger partial charge in [-0.2, -0.15) is 0 Å². The van der Waals surface area contributed by atoms with E-state index in [1.165, 1.54) is 11.8 Å². The third-order valence-electron chi connectivity index (χ3n) is 2.59. The number of cyclic esters (lactones) is 1. The monoisotopic (exact) mass is 271 g/mol.